The first-order valence-electron chi connectivity index (χ1n) is 9.50. The highest BCUT2D eigenvalue weighted by Crippen LogP contribution is 2.41. The minimum absolute atomic E-state index is 0.358. The fraction of sp³-hybridized carbons (Fsp3) is 0.348. The number of fused-ring (bicyclic) bond motifs is 1. The summed E-state index contributed by atoms with van der Waals surface area (Å²) in [6, 6.07) is 17.4. The molecule has 0 N–H and O–H groups in total. The Morgan fingerprint density at radius 1 is 1.08 bits per heavy atom. The van der Waals surface area contributed by atoms with Crippen LogP contribution in [0.2, 0.25) is 0 Å². The van der Waals surface area contributed by atoms with Gasteiger partial charge in [-0.25, -0.2) is 0 Å². The smallest absolute Gasteiger partial charge is 0.120 e. The first-order valence-corrected chi connectivity index (χ1v) is 10.4. The lowest BCUT2D eigenvalue weighted by Gasteiger charge is -2.36. The predicted molar refractivity (Wildman–Crippen MR) is 109 cm³/mol. The van der Waals surface area contributed by atoms with Crippen LogP contribution < -0.4 is 0 Å². The van der Waals surface area contributed by atoms with Crippen LogP contribution >= 0.6 is 11.3 Å². The molecule has 1 saturated heterocycles. The summed E-state index contributed by atoms with van der Waals surface area (Å²) in [5.74, 6) is 0.956. The fourth-order valence-corrected chi connectivity index (χ4v) is 5.04. The summed E-state index contributed by atoms with van der Waals surface area (Å²) < 4.78 is 0. The number of likely N-dealkylation sites (tertiary alicyclic amines) is 1. The molecule has 4 rings (SSSR count). The average molecular weight is 364 g/mol. The van der Waals surface area contributed by atoms with E-state index in [-0.39, 0.29) is 0 Å². The quantitative estimate of drug-likeness (QED) is 0.544. The molecule has 1 fully saturated rings. The SMILES string of the molecule is O=CCC(c1ccc2csccc1-2)C1CCN(Cc2ccccc2)CC1. The number of nitrogens with zero attached hydrogens (tertiary/aromatic N) is 1. The highest BCUT2D eigenvalue weighted by atomic mass is 32.1. The number of piperidine rings is 1. The summed E-state index contributed by atoms with van der Waals surface area (Å²) in [6.45, 7) is 3.28. The van der Waals surface area contributed by atoms with Gasteiger partial charge in [0.15, 0.2) is 0 Å². The zero-order valence-corrected chi connectivity index (χ0v) is 15.8. The van der Waals surface area contributed by atoms with Crippen molar-refractivity contribution in [1.29, 1.82) is 0 Å². The maximum absolute atomic E-state index is 11.4. The Hall–Kier alpha value is -1.97. The second-order valence-electron chi connectivity index (χ2n) is 7.32. The molecular weight excluding hydrogens is 338 g/mol. The van der Waals surface area contributed by atoms with Crippen LogP contribution in [0.1, 0.15) is 36.3 Å². The predicted octanol–water partition coefficient (Wildman–Crippen LogP) is 5.44. The van der Waals surface area contributed by atoms with Gasteiger partial charge in [0.1, 0.15) is 6.29 Å². The summed E-state index contributed by atoms with van der Waals surface area (Å²) in [6.07, 6.45) is 4.10. The fourth-order valence-electron chi connectivity index (χ4n) is 4.40. The lowest BCUT2D eigenvalue weighted by molar-refractivity contribution is -0.108. The molecule has 0 saturated carbocycles. The van der Waals surface area contributed by atoms with E-state index in [1.165, 1.54) is 35.1 Å². The van der Waals surface area contributed by atoms with E-state index >= 15 is 0 Å². The Balaban J connectivity index is 1.45. The van der Waals surface area contributed by atoms with Crippen LogP contribution in [0.3, 0.4) is 0 Å². The lowest BCUT2D eigenvalue weighted by atomic mass is 9.78. The first-order chi connectivity index (χ1) is 12.8. The number of carbonyl (C=O) groups is 1. The highest BCUT2D eigenvalue weighted by Gasteiger charge is 2.29. The summed E-state index contributed by atoms with van der Waals surface area (Å²) >= 11 is 1.73. The third-order valence-electron chi connectivity index (χ3n) is 5.77. The molecule has 0 amide bonds. The van der Waals surface area contributed by atoms with E-state index < -0.39 is 0 Å². The van der Waals surface area contributed by atoms with Gasteiger partial charge in [-0.3, -0.25) is 4.90 Å². The van der Waals surface area contributed by atoms with Gasteiger partial charge in [-0.2, -0.15) is 11.3 Å². The Morgan fingerprint density at radius 3 is 2.65 bits per heavy atom. The molecule has 3 aliphatic rings. The molecule has 1 aliphatic carbocycles. The third kappa shape index (κ3) is 3.74. The second-order valence-corrected chi connectivity index (χ2v) is 8.10. The number of hydrogen-bond donors (Lipinski definition) is 0. The van der Waals surface area contributed by atoms with Crippen LogP contribution in [-0.4, -0.2) is 24.3 Å². The van der Waals surface area contributed by atoms with Gasteiger partial charge in [0.25, 0.3) is 0 Å². The second kappa shape index (κ2) is 8.15. The van der Waals surface area contributed by atoms with Gasteiger partial charge in [-0.05, 0) is 76.8 Å². The van der Waals surface area contributed by atoms with Crippen LogP contribution in [0.25, 0.3) is 11.1 Å². The maximum Gasteiger partial charge on any atom is 0.120 e. The van der Waals surface area contributed by atoms with Crippen molar-refractivity contribution >= 4 is 17.6 Å². The molecule has 1 unspecified atom stereocenters. The first kappa shape index (κ1) is 17.4. The topological polar surface area (TPSA) is 20.3 Å². The number of rotatable bonds is 6. The van der Waals surface area contributed by atoms with E-state index in [4.69, 9.17) is 0 Å². The molecule has 134 valence electrons. The number of aldehydes is 1. The molecule has 0 bridgehead atoms. The molecule has 0 spiro atoms. The van der Waals surface area contributed by atoms with Crippen molar-refractivity contribution in [2.45, 2.75) is 31.7 Å². The zero-order chi connectivity index (χ0) is 17.8. The van der Waals surface area contributed by atoms with Gasteiger partial charge in [-0.15, -0.1) is 0 Å². The third-order valence-corrected chi connectivity index (χ3v) is 6.46. The largest absolute Gasteiger partial charge is 0.303 e. The molecular formula is C23H25NOS. The van der Waals surface area contributed by atoms with Gasteiger partial charge >= 0.3 is 0 Å². The molecule has 1 atom stereocenters. The molecule has 1 aromatic rings. The van der Waals surface area contributed by atoms with E-state index in [2.05, 4.69) is 64.2 Å². The van der Waals surface area contributed by atoms with Crippen LogP contribution in [-0.2, 0) is 11.3 Å². The minimum atomic E-state index is 0.358. The maximum atomic E-state index is 11.4. The van der Waals surface area contributed by atoms with Crippen molar-refractivity contribution in [3.63, 3.8) is 0 Å². The Bertz CT molecular complexity index is 804. The Morgan fingerprint density at radius 2 is 1.88 bits per heavy atom. The lowest BCUT2D eigenvalue weighted by Crippen LogP contribution is -2.35. The van der Waals surface area contributed by atoms with Gasteiger partial charge in [0.05, 0.1) is 0 Å². The van der Waals surface area contributed by atoms with Crippen molar-refractivity contribution in [3.8, 4) is 11.1 Å². The van der Waals surface area contributed by atoms with Crippen molar-refractivity contribution < 1.29 is 4.79 Å². The van der Waals surface area contributed by atoms with E-state index in [0.717, 1.165) is 25.9 Å². The minimum Gasteiger partial charge on any atom is -0.303 e. The number of benzene rings is 1. The van der Waals surface area contributed by atoms with Gasteiger partial charge in [0.2, 0.25) is 0 Å². The van der Waals surface area contributed by atoms with E-state index in [0.29, 0.717) is 18.3 Å². The van der Waals surface area contributed by atoms with E-state index in [1.54, 1.807) is 11.3 Å². The van der Waals surface area contributed by atoms with E-state index in [1.807, 2.05) is 0 Å². The van der Waals surface area contributed by atoms with Crippen molar-refractivity contribution in [1.82, 2.24) is 4.90 Å². The molecule has 3 heteroatoms. The molecule has 0 aromatic heterocycles. The zero-order valence-electron chi connectivity index (χ0n) is 15.0. The van der Waals surface area contributed by atoms with Crippen LogP contribution in [0.5, 0.6) is 0 Å². The number of carbonyl (C=O) groups excluding carboxylic acids is 1. The van der Waals surface area contributed by atoms with Crippen molar-refractivity contribution in [2.75, 3.05) is 13.1 Å². The summed E-state index contributed by atoms with van der Waals surface area (Å²) in [5, 5.41) is 4.35. The molecule has 26 heavy (non-hydrogen) atoms. The van der Waals surface area contributed by atoms with Crippen molar-refractivity contribution in [3.05, 3.63) is 70.4 Å². The van der Waals surface area contributed by atoms with E-state index in [9.17, 15) is 4.79 Å². The standard InChI is InChI=1S/C23H25NOS/c25-14-10-21(23-7-6-20-17-26-15-11-22(20)23)19-8-12-24(13-9-19)16-18-4-2-1-3-5-18/h1-7,11,14-15,17,19,21H,8-10,12-13,16H2. The molecule has 2 nitrogen and oxygen atoms in total. The molecule has 1 aromatic carbocycles. The van der Waals surface area contributed by atoms with Gasteiger partial charge in [-0.1, -0.05) is 42.5 Å². The van der Waals surface area contributed by atoms with Gasteiger partial charge in [0, 0.05) is 13.0 Å². The molecule has 2 heterocycles. The summed E-state index contributed by atoms with van der Waals surface area (Å²) in [4.78, 5) is 13.9. The van der Waals surface area contributed by atoms with Crippen LogP contribution in [0.4, 0.5) is 0 Å². The highest BCUT2D eigenvalue weighted by molar-refractivity contribution is 7.07. The number of hydrogen-bond acceptors (Lipinski definition) is 3. The summed E-state index contributed by atoms with van der Waals surface area (Å²) in [5.41, 5.74) is 5.41. The summed E-state index contributed by atoms with van der Waals surface area (Å²) in [7, 11) is 0. The van der Waals surface area contributed by atoms with Crippen LogP contribution in [0.15, 0.2) is 59.3 Å². The Labute approximate surface area is 159 Å². The average Bonchev–Trinajstić information content (AvgIpc) is 3.12. The Kier molecular flexibility index (Phi) is 5.47. The normalized spacial score (nSPS) is 17.4. The molecule has 2 aliphatic heterocycles. The van der Waals surface area contributed by atoms with Crippen LogP contribution in [0, 0.1) is 5.92 Å². The van der Waals surface area contributed by atoms with Gasteiger partial charge < -0.3 is 4.79 Å². The molecule has 0 radical (unpaired) electrons. The monoisotopic (exact) mass is 363 g/mol. The van der Waals surface area contributed by atoms with Crippen molar-refractivity contribution in [2.24, 2.45) is 5.92 Å².